The number of benzene rings is 1. The van der Waals surface area contributed by atoms with Crippen LogP contribution in [0, 0.1) is 0 Å². The highest BCUT2D eigenvalue weighted by Gasteiger charge is 2.20. The molecule has 0 fully saturated rings. The van der Waals surface area contributed by atoms with E-state index in [0.717, 1.165) is 5.56 Å². The number of carboxylic acids is 1. The van der Waals surface area contributed by atoms with Crippen molar-refractivity contribution in [2.75, 3.05) is 13.7 Å². The van der Waals surface area contributed by atoms with E-state index in [9.17, 15) is 9.59 Å². The highest BCUT2D eigenvalue weighted by atomic mass is 35.5. The summed E-state index contributed by atoms with van der Waals surface area (Å²) in [6.45, 7) is -0.426. The molecule has 6 nitrogen and oxygen atoms in total. The van der Waals surface area contributed by atoms with Gasteiger partial charge in [0.2, 0.25) is 0 Å². The van der Waals surface area contributed by atoms with Gasteiger partial charge in [0.25, 0.3) is 0 Å². The van der Waals surface area contributed by atoms with Crippen molar-refractivity contribution in [1.29, 1.82) is 0 Å². The first-order chi connectivity index (χ1) is 8.95. The van der Waals surface area contributed by atoms with Crippen LogP contribution < -0.4 is 5.32 Å². The zero-order valence-electron chi connectivity index (χ0n) is 10.3. The Morgan fingerprint density at radius 1 is 1.42 bits per heavy atom. The molecule has 0 saturated carbocycles. The maximum Gasteiger partial charge on any atom is 0.328 e. The largest absolute Gasteiger partial charge is 0.480 e. The van der Waals surface area contributed by atoms with Crippen molar-refractivity contribution in [3.8, 4) is 0 Å². The Hall–Kier alpha value is -1.79. The molecule has 1 rings (SSSR count). The van der Waals surface area contributed by atoms with Crippen molar-refractivity contribution in [2.24, 2.45) is 0 Å². The molecular weight excluding hydrogens is 272 g/mol. The summed E-state index contributed by atoms with van der Waals surface area (Å²) in [7, 11) is 1.51. The van der Waals surface area contributed by atoms with E-state index in [1.165, 1.54) is 11.9 Å². The summed E-state index contributed by atoms with van der Waals surface area (Å²) in [4.78, 5) is 23.7. The fourth-order valence-corrected chi connectivity index (χ4v) is 1.59. The second kappa shape index (κ2) is 6.96. The number of hydrogen-bond donors (Lipinski definition) is 3. The Kier molecular flexibility index (Phi) is 5.59. The molecule has 0 heterocycles. The third-order valence-corrected chi connectivity index (χ3v) is 2.86. The zero-order chi connectivity index (χ0) is 14.4. The van der Waals surface area contributed by atoms with Crippen molar-refractivity contribution in [3.05, 3.63) is 34.9 Å². The molecule has 19 heavy (non-hydrogen) atoms. The summed E-state index contributed by atoms with van der Waals surface area (Å²) in [6, 6.07) is 5.13. The predicted molar refractivity (Wildman–Crippen MR) is 70.0 cm³/mol. The van der Waals surface area contributed by atoms with Crippen LogP contribution >= 0.6 is 11.6 Å². The molecule has 0 unspecified atom stereocenters. The highest BCUT2D eigenvalue weighted by molar-refractivity contribution is 6.31. The summed E-state index contributed by atoms with van der Waals surface area (Å²) in [5.41, 5.74) is 0.748. The number of carbonyl (C=O) groups is 2. The van der Waals surface area contributed by atoms with Gasteiger partial charge in [0.05, 0.1) is 6.61 Å². The SMILES string of the molecule is CN(Cc1ccccc1Cl)C(=O)N[C@@H](CO)C(=O)O. The van der Waals surface area contributed by atoms with Crippen LogP contribution in [0.25, 0.3) is 0 Å². The molecule has 2 amide bonds. The molecule has 0 aliphatic rings. The van der Waals surface area contributed by atoms with Gasteiger partial charge >= 0.3 is 12.0 Å². The molecule has 0 aromatic heterocycles. The first-order valence-electron chi connectivity index (χ1n) is 5.54. The Balaban J connectivity index is 2.63. The lowest BCUT2D eigenvalue weighted by atomic mass is 10.2. The van der Waals surface area contributed by atoms with Crippen LogP contribution in [0.3, 0.4) is 0 Å². The fraction of sp³-hybridized carbons (Fsp3) is 0.333. The Morgan fingerprint density at radius 2 is 2.05 bits per heavy atom. The normalized spacial score (nSPS) is 11.7. The second-order valence-electron chi connectivity index (χ2n) is 3.97. The number of aliphatic carboxylic acids is 1. The van der Waals surface area contributed by atoms with E-state index in [1.807, 2.05) is 0 Å². The standard InChI is InChI=1S/C12H15ClN2O4/c1-15(6-8-4-2-3-5-9(8)13)12(19)14-10(7-16)11(17)18/h2-5,10,16H,6-7H2,1H3,(H,14,19)(H,17,18)/t10-/m0/s1. The van der Waals surface area contributed by atoms with Crippen LogP contribution in [0.4, 0.5) is 4.79 Å². The number of amides is 2. The number of carbonyl (C=O) groups excluding carboxylic acids is 1. The lowest BCUT2D eigenvalue weighted by molar-refractivity contribution is -0.140. The second-order valence-corrected chi connectivity index (χ2v) is 4.38. The minimum absolute atomic E-state index is 0.239. The number of rotatable bonds is 5. The van der Waals surface area contributed by atoms with Gasteiger partial charge in [0.1, 0.15) is 0 Å². The first kappa shape index (κ1) is 15.3. The third-order valence-electron chi connectivity index (χ3n) is 2.49. The van der Waals surface area contributed by atoms with Crippen molar-refractivity contribution >= 4 is 23.6 Å². The number of urea groups is 1. The zero-order valence-corrected chi connectivity index (χ0v) is 11.1. The van der Waals surface area contributed by atoms with E-state index in [1.54, 1.807) is 24.3 Å². The van der Waals surface area contributed by atoms with E-state index < -0.39 is 24.6 Å². The minimum atomic E-state index is -1.32. The molecule has 0 aliphatic heterocycles. The fourth-order valence-electron chi connectivity index (χ4n) is 1.40. The smallest absolute Gasteiger partial charge is 0.328 e. The quantitative estimate of drug-likeness (QED) is 0.751. The summed E-state index contributed by atoms with van der Waals surface area (Å²) < 4.78 is 0. The minimum Gasteiger partial charge on any atom is -0.480 e. The molecule has 1 atom stereocenters. The molecule has 3 N–H and O–H groups in total. The topological polar surface area (TPSA) is 89.9 Å². The van der Waals surface area contributed by atoms with Crippen LogP contribution in [0.15, 0.2) is 24.3 Å². The number of halogens is 1. The van der Waals surface area contributed by atoms with Crippen molar-refractivity contribution in [1.82, 2.24) is 10.2 Å². The van der Waals surface area contributed by atoms with Gasteiger partial charge in [-0.15, -0.1) is 0 Å². The molecule has 0 radical (unpaired) electrons. The summed E-state index contributed by atoms with van der Waals surface area (Å²) in [5.74, 6) is -1.29. The van der Waals surface area contributed by atoms with Crippen molar-refractivity contribution in [3.63, 3.8) is 0 Å². The molecule has 0 aliphatic carbocycles. The molecule has 0 spiro atoms. The van der Waals surface area contributed by atoms with Gasteiger partial charge in [-0.2, -0.15) is 0 Å². The van der Waals surface area contributed by atoms with E-state index in [4.69, 9.17) is 21.8 Å². The molecule has 1 aromatic carbocycles. The summed E-state index contributed by atoms with van der Waals surface area (Å²) >= 11 is 5.96. The van der Waals surface area contributed by atoms with E-state index in [-0.39, 0.29) is 6.54 Å². The number of aliphatic hydroxyl groups is 1. The number of hydrogen-bond acceptors (Lipinski definition) is 3. The average molecular weight is 287 g/mol. The number of aliphatic hydroxyl groups excluding tert-OH is 1. The van der Waals surface area contributed by atoms with Crippen LogP contribution in [-0.4, -0.2) is 46.8 Å². The van der Waals surface area contributed by atoms with Gasteiger partial charge < -0.3 is 20.4 Å². The molecule has 7 heteroatoms. The van der Waals surface area contributed by atoms with Gasteiger partial charge in [0.15, 0.2) is 6.04 Å². The molecular formula is C12H15ClN2O4. The molecule has 104 valence electrons. The Labute approximate surface area is 115 Å². The van der Waals surface area contributed by atoms with Crippen LogP contribution in [-0.2, 0) is 11.3 Å². The molecule has 0 bridgehead atoms. The van der Waals surface area contributed by atoms with Gasteiger partial charge in [0, 0.05) is 18.6 Å². The van der Waals surface area contributed by atoms with Crippen LogP contribution in [0.2, 0.25) is 5.02 Å². The van der Waals surface area contributed by atoms with Gasteiger partial charge in [-0.3, -0.25) is 0 Å². The average Bonchev–Trinajstić information content (AvgIpc) is 2.37. The number of nitrogens with zero attached hydrogens (tertiary/aromatic N) is 1. The molecule has 0 saturated heterocycles. The van der Waals surface area contributed by atoms with Crippen LogP contribution in [0.1, 0.15) is 5.56 Å². The van der Waals surface area contributed by atoms with E-state index in [2.05, 4.69) is 5.32 Å². The lowest BCUT2D eigenvalue weighted by Gasteiger charge is -2.21. The van der Waals surface area contributed by atoms with Gasteiger partial charge in [-0.05, 0) is 11.6 Å². The van der Waals surface area contributed by atoms with Gasteiger partial charge in [-0.1, -0.05) is 29.8 Å². The van der Waals surface area contributed by atoms with Crippen molar-refractivity contribution < 1.29 is 19.8 Å². The first-order valence-corrected chi connectivity index (χ1v) is 5.92. The number of nitrogens with one attached hydrogen (secondary N) is 1. The van der Waals surface area contributed by atoms with Crippen LogP contribution in [0.5, 0.6) is 0 Å². The monoisotopic (exact) mass is 286 g/mol. The maximum atomic E-state index is 11.7. The highest BCUT2D eigenvalue weighted by Crippen LogP contribution is 2.16. The summed E-state index contributed by atoms with van der Waals surface area (Å²) in [5, 5.41) is 20.3. The third kappa shape index (κ3) is 4.42. The lowest BCUT2D eigenvalue weighted by Crippen LogP contribution is -2.48. The van der Waals surface area contributed by atoms with Gasteiger partial charge in [-0.25, -0.2) is 9.59 Å². The van der Waals surface area contributed by atoms with E-state index in [0.29, 0.717) is 5.02 Å². The Morgan fingerprint density at radius 3 is 2.58 bits per heavy atom. The van der Waals surface area contributed by atoms with Crippen molar-refractivity contribution in [2.45, 2.75) is 12.6 Å². The Bertz CT molecular complexity index is 467. The summed E-state index contributed by atoms with van der Waals surface area (Å²) in [6.07, 6.45) is 0. The maximum absolute atomic E-state index is 11.7. The molecule has 1 aromatic rings. The number of carboxylic acid groups (broad SMARTS) is 1. The predicted octanol–water partition coefficient (Wildman–Crippen LogP) is 0.927. The van der Waals surface area contributed by atoms with E-state index >= 15 is 0 Å².